The van der Waals surface area contributed by atoms with Gasteiger partial charge in [0, 0.05) is 32.1 Å². The molecule has 3 N–H and O–H groups in total. The number of hydrogen-bond donors (Lipinski definition) is 3. The predicted molar refractivity (Wildman–Crippen MR) is 211 cm³/mol. The van der Waals surface area contributed by atoms with Gasteiger partial charge in [0.05, 0.1) is 16.6 Å². The van der Waals surface area contributed by atoms with Gasteiger partial charge >= 0.3 is 11.9 Å². The molecule has 3 amide bonds. The van der Waals surface area contributed by atoms with Crippen molar-refractivity contribution >= 4 is 81.4 Å². The zero-order valence-electron chi connectivity index (χ0n) is 32.2. The minimum Gasteiger partial charge on any atom is -0.460 e. The van der Waals surface area contributed by atoms with E-state index in [1.165, 1.54) is 11.9 Å². The Balaban J connectivity index is 1.46. The molecule has 55 heavy (non-hydrogen) atoms. The number of fused-ring (bicyclic) bond motifs is 1. The Kier molecular flexibility index (Phi) is 15.7. The Morgan fingerprint density at radius 2 is 1.73 bits per heavy atom. The van der Waals surface area contributed by atoms with Gasteiger partial charge in [-0.2, -0.15) is 0 Å². The molecule has 16 heteroatoms. The number of hydrogen-bond acceptors (Lipinski definition) is 10. The number of nitrogens with zero attached hydrogens (tertiary/aromatic N) is 2. The van der Waals surface area contributed by atoms with E-state index in [4.69, 9.17) is 49.0 Å². The maximum atomic E-state index is 14.0. The average molecular weight is 825 g/mol. The van der Waals surface area contributed by atoms with Crippen LogP contribution in [-0.2, 0) is 38.2 Å². The van der Waals surface area contributed by atoms with Crippen LogP contribution in [0, 0.1) is 17.3 Å². The molecule has 2 fully saturated rings. The normalized spacial score (nSPS) is 18.8. The van der Waals surface area contributed by atoms with Crippen molar-refractivity contribution in [3.8, 4) is 0 Å². The standard InChI is InChI=1S/C39H52Cl3N5O8/c1-23(2)33(45-37(52)38(5,6)16-13-26-9-10-28-11-12-29(43-31(28)20-26)24(3)55-25(4)48)34(49)44-32(21-27-14-18-53-19-15-27)35(50)47-17-7-8-30(46-47)36(51)54-22-39(40,41)42/h9-13,16,20,23-24,27,30,32-33,46H,7-8,14-15,17-19,21-22H2,1-6H3,(H,44,49)(H,45,52). The topological polar surface area (TPSA) is 165 Å². The Bertz CT molecular complexity index is 1730. The van der Waals surface area contributed by atoms with Gasteiger partial charge < -0.3 is 24.8 Å². The van der Waals surface area contributed by atoms with Gasteiger partial charge in [0.25, 0.3) is 5.91 Å². The lowest BCUT2D eigenvalue weighted by Gasteiger charge is -2.37. The third kappa shape index (κ3) is 13.3. The van der Waals surface area contributed by atoms with Crippen LogP contribution in [0.2, 0.25) is 0 Å². The second-order valence-electron chi connectivity index (χ2n) is 15.1. The van der Waals surface area contributed by atoms with Crippen LogP contribution in [0.1, 0.15) is 91.0 Å². The van der Waals surface area contributed by atoms with Gasteiger partial charge in [-0.15, -0.1) is 0 Å². The summed E-state index contributed by atoms with van der Waals surface area (Å²) in [5, 5.41) is 8.11. The monoisotopic (exact) mass is 823 g/mol. The van der Waals surface area contributed by atoms with Crippen molar-refractivity contribution in [1.29, 1.82) is 0 Å². The molecule has 0 saturated carbocycles. The van der Waals surface area contributed by atoms with Crippen LogP contribution in [0.25, 0.3) is 17.0 Å². The fourth-order valence-electron chi connectivity index (χ4n) is 6.39. The first kappa shape index (κ1) is 44.2. The van der Waals surface area contributed by atoms with Gasteiger partial charge in [-0.1, -0.05) is 79.0 Å². The molecule has 0 spiro atoms. The van der Waals surface area contributed by atoms with Crippen molar-refractivity contribution in [1.82, 2.24) is 26.1 Å². The fourth-order valence-corrected chi connectivity index (χ4v) is 6.55. The van der Waals surface area contributed by atoms with Gasteiger partial charge in [-0.05, 0) is 82.4 Å². The third-order valence-corrected chi connectivity index (χ3v) is 9.98. The fraction of sp³-hybridized carbons (Fsp3) is 0.590. The van der Waals surface area contributed by atoms with Gasteiger partial charge in [0.2, 0.25) is 15.6 Å². The molecule has 1 aromatic heterocycles. The van der Waals surface area contributed by atoms with Crippen molar-refractivity contribution in [2.75, 3.05) is 26.4 Å². The van der Waals surface area contributed by atoms with E-state index in [1.807, 2.05) is 50.3 Å². The zero-order chi connectivity index (χ0) is 40.5. The summed E-state index contributed by atoms with van der Waals surface area (Å²) in [4.78, 5) is 70.6. The highest BCUT2D eigenvalue weighted by Crippen LogP contribution is 2.27. The number of nitrogens with one attached hydrogen (secondary N) is 3. The molecule has 2 aromatic rings. The molecule has 4 unspecified atom stereocenters. The Morgan fingerprint density at radius 1 is 1.04 bits per heavy atom. The van der Waals surface area contributed by atoms with Gasteiger partial charge in [0.15, 0.2) is 0 Å². The van der Waals surface area contributed by atoms with Crippen LogP contribution in [0.3, 0.4) is 0 Å². The smallest absolute Gasteiger partial charge is 0.325 e. The number of ether oxygens (including phenoxy) is 3. The molecule has 4 atom stereocenters. The highest BCUT2D eigenvalue weighted by molar-refractivity contribution is 6.67. The van der Waals surface area contributed by atoms with Crippen molar-refractivity contribution in [3.63, 3.8) is 0 Å². The van der Waals surface area contributed by atoms with E-state index < -0.39 is 63.8 Å². The lowest BCUT2D eigenvalue weighted by atomic mass is 9.89. The highest BCUT2D eigenvalue weighted by atomic mass is 35.6. The van der Waals surface area contributed by atoms with Crippen LogP contribution in [0.15, 0.2) is 36.4 Å². The summed E-state index contributed by atoms with van der Waals surface area (Å²) < 4.78 is 14.2. The molecule has 1 aromatic carbocycles. The number of carbonyl (C=O) groups excluding carboxylic acids is 5. The van der Waals surface area contributed by atoms with Crippen molar-refractivity contribution in [2.45, 2.75) is 102 Å². The maximum absolute atomic E-state index is 14.0. The maximum Gasteiger partial charge on any atom is 0.325 e. The average Bonchev–Trinajstić information content (AvgIpc) is 3.13. The van der Waals surface area contributed by atoms with Crippen molar-refractivity contribution in [3.05, 3.63) is 47.7 Å². The SMILES string of the molecule is CC(=O)OC(C)c1ccc2ccc(C=CC(C)(C)C(=O)NC(C(=O)NC(CC3CCOCC3)C(=O)N3CCCC(C(=O)OCC(Cl)(Cl)Cl)N3)C(C)C)cc2n1. The van der Waals surface area contributed by atoms with E-state index >= 15 is 0 Å². The summed E-state index contributed by atoms with van der Waals surface area (Å²) >= 11 is 17.2. The van der Waals surface area contributed by atoms with E-state index in [2.05, 4.69) is 21.0 Å². The number of benzene rings is 1. The zero-order valence-corrected chi connectivity index (χ0v) is 34.4. The second-order valence-corrected chi connectivity index (χ2v) is 17.6. The number of pyridine rings is 1. The highest BCUT2D eigenvalue weighted by Gasteiger charge is 2.38. The molecule has 2 aliphatic rings. The van der Waals surface area contributed by atoms with Gasteiger partial charge in [0.1, 0.15) is 30.8 Å². The molecular weight excluding hydrogens is 773 g/mol. The van der Waals surface area contributed by atoms with Gasteiger partial charge in [-0.3, -0.25) is 29.0 Å². The van der Waals surface area contributed by atoms with Crippen LogP contribution in [0.4, 0.5) is 0 Å². The van der Waals surface area contributed by atoms with Crippen molar-refractivity contribution in [2.24, 2.45) is 17.3 Å². The van der Waals surface area contributed by atoms with Crippen LogP contribution < -0.4 is 16.1 Å². The molecule has 2 aliphatic heterocycles. The quantitative estimate of drug-likeness (QED) is 0.158. The summed E-state index contributed by atoms with van der Waals surface area (Å²) in [6, 6.07) is 6.71. The minimum atomic E-state index is -1.78. The summed E-state index contributed by atoms with van der Waals surface area (Å²) in [5.41, 5.74) is 4.04. The number of hydrazine groups is 1. The number of halogens is 3. The lowest BCUT2D eigenvalue weighted by Crippen LogP contribution is -2.62. The number of carbonyl (C=O) groups is 5. The third-order valence-electron chi connectivity index (χ3n) is 9.65. The second kappa shape index (κ2) is 19.6. The summed E-state index contributed by atoms with van der Waals surface area (Å²) in [7, 11) is 0. The first-order valence-corrected chi connectivity index (χ1v) is 19.7. The molecule has 4 rings (SSSR count). The van der Waals surface area contributed by atoms with Crippen LogP contribution in [-0.4, -0.2) is 87.9 Å². The lowest BCUT2D eigenvalue weighted by molar-refractivity contribution is -0.153. The number of alkyl halides is 3. The van der Waals surface area contributed by atoms with E-state index in [9.17, 15) is 24.0 Å². The number of amides is 3. The largest absolute Gasteiger partial charge is 0.460 e. The Hall–Kier alpha value is -3.49. The molecule has 0 bridgehead atoms. The Morgan fingerprint density at radius 3 is 2.38 bits per heavy atom. The molecule has 13 nitrogen and oxygen atoms in total. The number of esters is 2. The van der Waals surface area contributed by atoms with Crippen LogP contribution >= 0.6 is 34.8 Å². The first-order chi connectivity index (χ1) is 25.8. The Labute approximate surface area is 337 Å². The molecule has 3 heterocycles. The van der Waals surface area contributed by atoms with Crippen molar-refractivity contribution < 1.29 is 38.2 Å². The number of aromatic nitrogens is 1. The molecule has 0 radical (unpaired) electrons. The predicted octanol–water partition coefficient (Wildman–Crippen LogP) is 5.75. The number of rotatable bonds is 14. The summed E-state index contributed by atoms with van der Waals surface area (Å²) in [6.07, 6.45) is 5.80. The van der Waals surface area contributed by atoms with E-state index in [0.29, 0.717) is 50.2 Å². The van der Waals surface area contributed by atoms with Gasteiger partial charge in [-0.25, -0.2) is 10.4 Å². The van der Waals surface area contributed by atoms with E-state index in [-0.39, 0.29) is 17.7 Å². The molecule has 302 valence electrons. The summed E-state index contributed by atoms with van der Waals surface area (Å²) in [5.74, 6) is -2.54. The molecular formula is C39H52Cl3N5O8. The minimum absolute atomic E-state index is 0.114. The van der Waals surface area contributed by atoms with Crippen LogP contribution in [0.5, 0.6) is 0 Å². The summed E-state index contributed by atoms with van der Waals surface area (Å²) in [6.45, 7) is 11.2. The molecule has 0 aliphatic carbocycles. The first-order valence-electron chi connectivity index (χ1n) is 18.6. The molecule has 2 saturated heterocycles. The van der Waals surface area contributed by atoms with E-state index in [0.717, 1.165) is 23.8 Å². The van der Waals surface area contributed by atoms with E-state index in [1.54, 1.807) is 26.8 Å².